The molecular weight excluding hydrogens is 289 g/mol. The average molecular weight is 314 g/mol. The molecule has 1 aliphatic rings. The summed E-state index contributed by atoms with van der Waals surface area (Å²) in [5, 5.41) is 0.450. The second-order valence-electron chi connectivity index (χ2n) is 5.96. The highest BCUT2D eigenvalue weighted by atomic mass is 35.5. The molecule has 0 amide bonds. The number of ether oxygens (including phenoxy) is 1. The normalized spacial score (nSPS) is 20.0. The predicted molar refractivity (Wildman–Crippen MR) is 85.1 cm³/mol. The molecule has 0 heterocycles. The van der Waals surface area contributed by atoms with E-state index >= 15 is 0 Å². The zero-order valence-electron chi connectivity index (χ0n) is 12.7. The molecule has 0 saturated heterocycles. The Balaban J connectivity index is 2.15. The molecular formula is C17H25ClFNO. The summed E-state index contributed by atoms with van der Waals surface area (Å²) < 4.78 is 19.3. The molecule has 1 aromatic rings. The Hall–Kier alpha value is -0.640. The molecule has 0 aliphatic heterocycles. The van der Waals surface area contributed by atoms with E-state index in [0.29, 0.717) is 18.1 Å². The maximum atomic E-state index is 13.1. The van der Waals surface area contributed by atoms with Gasteiger partial charge in [0.05, 0.1) is 5.60 Å². The van der Waals surface area contributed by atoms with E-state index in [1.165, 1.54) is 25.0 Å². The van der Waals surface area contributed by atoms with E-state index in [4.69, 9.17) is 22.1 Å². The predicted octanol–water partition coefficient (Wildman–Crippen LogP) is 4.48. The number of hydrogen-bond acceptors (Lipinski definition) is 2. The quantitative estimate of drug-likeness (QED) is 0.813. The number of rotatable bonds is 5. The molecule has 0 aromatic heterocycles. The highest BCUT2D eigenvalue weighted by Crippen LogP contribution is 2.34. The van der Waals surface area contributed by atoms with Gasteiger partial charge in [-0.3, -0.25) is 0 Å². The third-order valence-corrected chi connectivity index (χ3v) is 4.86. The van der Waals surface area contributed by atoms with Crippen molar-refractivity contribution in [3.8, 4) is 0 Å². The van der Waals surface area contributed by atoms with Crippen LogP contribution in [0.15, 0.2) is 18.2 Å². The molecule has 2 nitrogen and oxygen atoms in total. The lowest BCUT2D eigenvalue weighted by Crippen LogP contribution is -2.51. The monoisotopic (exact) mass is 313 g/mol. The van der Waals surface area contributed by atoms with Crippen molar-refractivity contribution in [3.63, 3.8) is 0 Å². The van der Waals surface area contributed by atoms with Crippen molar-refractivity contribution in [2.45, 2.75) is 63.5 Å². The van der Waals surface area contributed by atoms with Crippen molar-refractivity contribution in [3.05, 3.63) is 34.6 Å². The van der Waals surface area contributed by atoms with Crippen LogP contribution in [0, 0.1) is 5.82 Å². The van der Waals surface area contributed by atoms with Gasteiger partial charge in [-0.2, -0.15) is 0 Å². The SMILES string of the molecule is CCOC1(C(N)Cc2ccc(F)cc2Cl)CCCCCC1. The summed E-state index contributed by atoms with van der Waals surface area (Å²) in [6.45, 7) is 2.69. The number of halogens is 2. The zero-order chi connectivity index (χ0) is 15.3. The van der Waals surface area contributed by atoms with Gasteiger partial charge in [0, 0.05) is 17.7 Å². The molecule has 118 valence electrons. The molecule has 1 aromatic carbocycles. The average Bonchev–Trinajstić information content (AvgIpc) is 2.69. The van der Waals surface area contributed by atoms with Crippen LogP contribution >= 0.6 is 11.6 Å². The zero-order valence-corrected chi connectivity index (χ0v) is 13.5. The van der Waals surface area contributed by atoms with Gasteiger partial charge in [-0.25, -0.2) is 4.39 Å². The molecule has 0 spiro atoms. The Morgan fingerprint density at radius 3 is 2.52 bits per heavy atom. The van der Waals surface area contributed by atoms with Crippen LogP contribution in [-0.2, 0) is 11.2 Å². The summed E-state index contributed by atoms with van der Waals surface area (Å²) in [7, 11) is 0. The first kappa shape index (κ1) is 16.7. The fourth-order valence-corrected chi connectivity index (χ4v) is 3.59. The van der Waals surface area contributed by atoms with Crippen molar-refractivity contribution >= 4 is 11.6 Å². The maximum absolute atomic E-state index is 13.1. The fraction of sp³-hybridized carbons (Fsp3) is 0.647. The van der Waals surface area contributed by atoms with E-state index in [0.717, 1.165) is 31.2 Å². The van der Waals surface area contributed by atoms with Gasteiger partial charge in [0.2, 0.25) is 0 Å². The molecule has 4 heteroatoms. The minimum atomic E-state index is -0.314. The van der Waals surface area contributed by atoms with Crippen LogP contribution in [0.5, 0.6) is 0 Å². The van der Waals surface area contributed by atoms with Gasteiger partial charge in [0.15, 0.2) is 0 Å². The van der Waals surface area contributed by atoms with E-state index < -0.39 is 0 Å². The van der Waals surface area contributed by atoms with Gasteiger partial charge in [-0.1, -0.05) is 43.4 Å². The number of hydrogen-bond donors (Lipinski definition) is 1. The van der Waals surface area contributed by atoms with Gasteiger partial charge in [0.1, 0.15) is 5.82 Å². The summed E-state index contributed by atoms with van der Waals surface area (Å²) in [6.07, 6.45) is 7.44. The minimum absolute atomic E-state index is 0.112. The van der Waals surface area contributed by atoms with Gasteiger partial charge in [-0.05, 0) is 43.9 Å². The Kier molecular flexibility index (Phi) is 6.03. The standard InChI is InChI=1S/C17H25ClFNO/c1-2-21-17(9-5-3-4-6-10-17)16(20)11-13-7-8-14(19)12-15(13)18/h7-8,12,16H,2-6,9-11,20H2,1H3. The Labute approximate surface area is 131 Å². The second-order valence-corrected chi connectivity index (χ2v) is 6.37. The summed E-state index contributed by atoms with van der Waals surface area (Å²) in [6, 6.07) is 4.41. The molecule has 1 saturated carbocycles. The van der Waals surface area contributed by atoms with Crippen LogP contribution in [0.3, 0.4) is 0 Å². The lowest BCUT2D eigenvalue weighted by Gasteiger charge is -2.38. The second kappa shape index (κ2) is 7.57. The first-order chi connectivity index (χ1) is 10.1. The van der Waals surface area contributed by atoms with E-state index in [1.54, 1.807) is 6.07 Å². The van der Waals surface area contributed by atoms with Crippen LogP contribution < -0.4 is 5.73 Å². The van der Waals surface area contributed by atoms with Crippen LogP contribution in [0.4, 0.5) is 4.39 Å². The van der Waals surface area contributed by atoms with Crippen molar-refractivity contribution in [1.29, 1.82) is 0 Å². The van der Waals surface area contributed by atoms with Gasteiger partial charge < -0.3 is 10.5 Å². The van der Waals surface area contributed by atoms with Crippen LogP contribution in [0.2, 0.25) is 5.02 Å². The molecule has 0 bridgehead atoms. The summed E-state index contributed by atoms with van der Waals surface area (Å²) in [4.78, 5) is 0. The van der Waals surface area contributed by atoms with Gasteiger partial charge >= 0.3 is 0 Å². The molecule has 1 atom stereocenters. The minimum Gasteiger partial charge on any atom is -0.374 e. The summed E-state index contributed by atoms with van der Waals surface area (Å²) in [5.74, 6) is -0.314. The van der Waals surface area contributed by atoms with Gasteiger partial charge in [0.25, 0.3) is 0 Å². The highest BCUT2D eigenvalue weighted by Gasteiger charge is 2.37. The van der Waals surface area contributed by atoms with Gasteiger partial charge in [-0.15, -0.1) is 0 Å². The third-order valence-electron chi connectivity index (χ3n) is 4.51. The fourth-order valence-electron chi connectivity index (χ4n) is 3.35. The van der Waals surface area contributed by atoms with E-state index in [2.05, 4.69) is 0 Å². The molecule has 1 aliphatic carbocycles. The lowest BCUT2D eigenvalue weighted by atomic mass is 9.83. The van der Waals surface area contributed by atoms with Crippen LogP contribution in [0.25, 0.3) is 0 Å². The highest BCUT2D eigenvalue weighted by molar-refractivity contribution is 6.31. The largest absolute Gasteiger partial charge is 0.374 e. The molecule has 2 N–H and O–H groups in total. The molecule has 1 unspecified atom stereocenters. The van der Waals surface area contributed by atoms with Crippen molar-refractivity contribution in [1.82, 2.24) is 0 Å². The van der Waals surface area contributed by atoms with E-state index in [1.807, 2.05) is 6.92 Å². The van der Waals surface area contributed by atoms with Crippen molar-refractivity contribution in [2.75, 3.05) is 6.61 Å². The Bertz CT molecular complexity index is 458. The van der Waals surface area contributed by atoms with Crippen LogP contribution in [0.1, 0.15) is 51.0 Å². The van der Waals surface area contributed by atoms with Crippen molar-refractivity contribution in [2.24, 2.45) is 5.73 Å². The van der Waals surface area contributed by atoms with E-state index in [9.17, 15) is 4.39 Å². The van der Waals surface area contributed by atoms with Crippen molar-refractivity contribution < 1.29 is 9.13 Å². The Morgan fingerprint density at radius 2 is 1.95 bits per heavy atom. The molecule has 2 rings (SSSR count). The lowest BCUT2D eigenvalue weighted by molar-refractivity contribution is -0.0683. The number of benzene rings is 1. The topological polar surface area (TPSA) is 35.2 Å². The Morgan fingerprint density at radius 1 is 1.29 bits per heavy atom. The molecule has 21 heavy (non-hydrogen) atoms. The molecule has 0 radical (unpaired) electrons. The summed E-state index contributed by atoms with van der Waals surface area (Å²) in [5.41, 5.74) is 7.14. The third kappa shape index (κ3) is 4.18. The molecule has 1 fully saturated rings. The smallest absolute Gasteiger partial charge is 0.124 e. The first-order valence-electron chi connectivity index (χ1n) is 7.91. The maximum Gasteiger partial charge on any atom is 0.124 e. The van der Waals surface area contributed by atoms with Crippen LogP contribution in [-0.4, -0.2) is 18.2 Å². The first-order valence-corrected chi connectivity index (χ1v) is 8.28. The number of nitrogens with two attached hydrogens (primary N) is 1. The summed E-state index contributed by atoms with van der Waals surface area (Å²) >= 11 is 6.13. The van der Waals surface area contributed by atoms with E-state index in [-0.39, 0.29) is 17.5 Å².